The van der Waals surface area contributed by atoms with E-state index in [0.29, 0.717) is 0 Å². The average molecular weight is 705 g/mol. The number of rotatable bonds is 8. The molecule has 1 aliphatic rings. The Balaban J connectivity index is 2.28. The van der Waals surface area contributed by atoms with Crippen LogP contribution in [0.4, 0.5) is 0 Å². The van der Waals surface area contributed by atoms with Gasteiger partial charge in [-0.2, -0.15) is 0 Å². The quantitative estimate of drug-likeness (QED) is 0.127. The molecule has 0 N–H and O–H groups in total. The predicted octanol–water partition coefficient (Wildman–Crippen LogP) is 8.85. The fourth-order valence-electron chi connectivity index (χ4n) is 10.6. The van der Waals surface area contributed by atoms with Crippen LogP contribution in [0.3, 0.4) is 0 Å². The van der Waals surface area contributed by atoms with Crippen LogP contribution in [0.25, 0.3) is 0 Å². The van der Waals surface area contributed by atoms with Gasteiger partial charge in [0, 0.05) is 16.1 Å². The third-order valence-corrected chi connectivity index (χ3v) is 54.2. The van der Waals surface area contributed by atoms with Gasteiger partial charge in [0.25, 0.3) is 0 Å². The van der Waals surface area contributed by atoms with Gasteiger partial charge < -0.3 is 0 Å². The predicted molar refractivity (Wildman–Crippen MR) is 222 cm³/mol. The highest BCUT2D eigenvalue weighted by atomic mass is 28.5. The van der Waals surface area contributed by atoms with Crippen LogP contribution < -0.4 is 20.7 Å². The Hall–Kier alpha value is -2.30. The molecule has 0 radical (unpaired) electrons. The molecule has 0 aromatic heterocycles. The molecule has 1 saturated heterocycles. The Labute approximate surface area is 286 Å². The summed E-state index contributed by atoms with van der Waals surface area (Å²) in [6.45, 7) is 32.0. The van der Waals surface area contributed by atoms with E-state index in [9.17, 15) is 0 Å². The maximum atomic E-state index is 4.73. The molecule has 0 spiro atoms. The summed E-state index contributed by atoms with van der Waals surface area (Å²) in [7, 11) is -12.8. The van der Waals surface area contributed by atoms with Gasteiger partial charge in [-0.05, 0) is 29.5 Å². The summed E-state index contributed by atoms with van der Waals surface area (Å²) >= 11 is 0. The average Bonchev–Trinajstić information content (AvgIpc) is 2.96. The van der Waals surface area contributed by atoms with Crippen LogP contribution in [0.5, 0.6) is 0 Å². The Morgan fingerprint density at radius 2 is 0.652 bits per heavy atom. The zero-order valence-corrected chi connectivity index (χ0v) is 36.5. The molecule has 4 aromatic rings. The molecule has 4 aromatic carbocycles. The molecule has 0 bridgehead atoms. The van der Waals surface area contributed by atoms with Gasteiger partial charge in [-0.1, -0.05) is 205 Å². The van der Waals surface area contributed by atoms with Crippen LogP contribution in [-0.2, 0) is 0 Å². The van der Waals surface area contributed by atoms with Crippen LogP contribution in [0, 0.1) is 0 Å². The van der Waals surface area contributed by atoms with Gasteiger partial charge in [-0.25, -0.2) is 0 Å². The second kappa shape index (κ2) is 12.0. The van der Waals surface area contributed by atoms with Gasteiger partial charge in [0.2, 0.25) is 0 Å². The van der Waals surface area contributed by atoms with Gasteiger partial charge in [-0.3, -0.25) is 0 Å². The van der Waals surface area contributed by atoms with E-state index in [4.69, 9.17) is 5.73 Å². The molecule has 240 valence electrons. The molecule has 1 aliphatic heterocycles. The van der Waals surface area contributed by atoms with Gasteiger partial charge >= 0.3 is 0 Å². The maximum Gasteiger partial charge on any atom is 0.148 e. The highest BCUT2D eigenvalue weighted by Crippen LogP contribution is 2.70. The standard InChI is InChI=1S/C40H56Si6/c1-41(2,3)38(42(4,5)6)33-39-45(34-25-17-13-18-26-34,35-27-19-14-20-28-35)40(43(7,8)9,44(10,11)12)46(39,36-29-21-15-22-30-36)37-31-23-16-24-32-37/h13-32H,1-12H3. The summed E-state index contributed by atoms with van der Waals surface area (Å²) in [5, 5.41) is 6.42. The van der Waals surface area contributed by atoms with Crippen molar-refractivity contribution >= 4 is 69.2 Å². The van der Waals surface area contributed by atoms with Gasteiger partial charge in [0.15, 0.2) is 0 Å². The van der Waals surface area contributed by atoms with Crippen LogP contribution in [0.15, 0.2) is 137 Å². The summed E-state index contributed by atoms with van der Waals surface area (Å²) in [4.78, 5) is 3.49. The molecule has 0 amide bonds. The third kappa shape index (κ3) is 4.99. The van der Waals surface area contributed by atoms with Crippen molar-refractivity contribution in [2.45, 2.75) is 82.5 Å². The molecule has 0 aliphatic carbocycles. The van der Waals surface area contributed by atoms with Crippen molar-refractivity contribution < 1.29 is 0 Å². The molecule has 0 nitrogen and oxygen atoms in total. The van der Waals surface area contributed by atoms with Crippen LogP contribution in [0.2, 0.25) is 82.5 Å². The van der Waals surface area contributed by atoms with E-state index in [-0.39, 0.29) is 3.91 Å². The van der Waals surface area contributed by atoms with Gasteiger partial charge in [0.1, 0.15) is 16.1 Å². The number of hydrogen-bond acceptors (Lipinski definition) is 0. The van der Waals surface area contributed by atoms with E-state index >= 15 is 0 Å². The number of benzene rings is 4. The molecule has 0 unspecified atom stereocenters. The SMILES string of the molecule is C[Si](C)(C)C(=C=C1[Si](c2ccccc2)(c2ccccc2)C([Si](C)(C)C)([Si](C)(C)C)[Si]1(c1ccccc1)c1ccccc1)[Si](C)(C)C. The largest absolute Gasteiger partial charge is 0.148 e. The monoisotopic (exact) mass is 704 g/mol. The van der Waals surface area contributed by atoms with Gasteiger partial charge in [-0.15, -0.1) is 5.73 Å². The Bertz CT molecular complexity index is 1520. The molecular formula is C40H56Si6. The van der Waals surface area contributed by atoms with E-state index in [0.717, 1.165) is 0 Å². The topological polar surface area (TPSA) is 0 Å². The van der Waals surface area contributed by atoms with Crippen LogP contribution >= 0.6 is 0 Å². The fourth-order valence-corrected chi connectivity index (χ4v) is 71.2. The third-order valence-electron chi connectivity index (χ3n) is 10.7. The first-order valence-corrected chi connectivity index (χ1v) is 35.1. The van der Waals surface area contributed by atoms with Crippen molar-refractivity contribution in [3.05, 3.63) is 137 Å². The van der Waals surface area contributed by atoms with Crippen LogP contribution in [0.1, 0.15) is 0 Å². The normalized spacial score (nSPS) is 17.5. The van der Waals surface area contributed by atoms with Crippen molar-refractivity contribution in [1.29, 1.82) is 0 Å². The van der Waals surface area contributed by atoms with E-state index in [1.165, 1.54) is 0 Å². The highest BCUT2D eigenvalue weighted by molar-refractivity contribution is 7.55. The molecule has 5 rings (SSSR count). The summed E-state index contributed by atoms with van der Waals surface area (Å²) in [6, 6.07) is 47.8. The minimum absolute atomic E-state index is 0.220. The van der Waals surface area contributed by atoms with Crippen molar-refractivity contribution in [2.24, 2.45) is 0 Å². The zero-order chi connectivity index (χ0) is 33.8. The zero-order valence-electron chi connectivity index (χ0n) is 30.5. The second-order valence-corrected chi connectivity index (χ2v) is 49.9. The first kappa shape index (κ1) is 35.0. The Morgan fingerprint density at radius 1 is 0.413 bits per heavy atom. The van der Waals surface area contributed by atoms with Crippen LogP contribution in [-0.4, -0.2) is 48.4 Å². The molecule has 0 atom stereocenters. The minimum Gasteiger partial charge on any atom is -0.138 e. The summed E-state index contributed by atoms with van der Waals surface area (Å²) in [6.07, 6.45) is 0. The first-order valence-electron chi connectivity index (χ1n) is 17.1. The lowest BCUT2D eigenvalue weighted by molar-refractivity contribution is 1.18. The lowest BCUT2D eigenvalue weighted by Crippen LogP contribution is -3.01. The van der Waals surface area contributed by atoms with Crippen molar-refractivity contribution in [3.8, 4) is 0 Å². The lowest BCUT2D eigenvalue weighted by Gasteiger charge is -2.79. The van der Waals surface area contributed by atoms with Crippen molar-refractivity contribution in [2.75, 3.05) is 0 Å². The second-order valence-electron chi connectivity index (χ2n) is 17.6. The Morgan fingerprint density at radius 3 is 0.848 bits per heavy atom. The lowest BCUT2D eigenvalue weighted by atomic mass is 10.4. The van der Waals surface area contributed by atoms with E-state index in [1.807, 2.05) is 0 Å². The van der Waals surface area contributed by atoms with Gasteiger partial charge in [0.05, 0.1) is 16.1 Å². The van der Waals surface area contributed by atoms with E-state index < -0.39 is 48.4 Å². The summed E-state index contributed by atoms with van der Waals surface area (Å²) < 4.78 is 0.220. The van der Waals surface area contributed by atoms with E-state index in [2.05, 4.69) is 200 Å². The van der Waals surface area contributed by atoms with Crippen molar-refractivity contribution in [3.63, 3.8) is 0 Å². The molecule has 1 fully saturated rings. The maximum absolute atomic E-state index is 4.73. The smallest absolute Gasteiger partial charge is 0.138 e. The first-order chi connectivity index (χ1) is 21.4. The number of hydrogen-bond donors (Lipinski definition) is 0. The summed E-state index contributed by atoms with van der Waals surface area (Å²) in [5.74, 6) is 0. The van der Waals surface area contributed by atoms with Crippen molar-refractivity contribution in [1.82, 2.24) is 0 Å². The van der Waals surface area contributed by atoms with E-state index in [1.54, 1.807) is 30.4 Å². The molecular weight excluding hydrogens is 649 g/mol. The summed E-state index contributed by atoms with van der Waals surface area (Å²) in [5.41, 5.74) is 4.73. The molecule has 1 heterocycles. The highest BCUT2D eigenvalue weighted by Gasteiger charge is 2.87. The minimum atomic E-state index is -2.68. The molecule has 46 heavy (non-hydrogen) atoms. The fraction of sp³-hybridized carbons (Fsp3) is 0.325. The Kier molecular flexibility index (Phi) is 9.13. The molecule has 0 saturated carbocycles. The molecule has 6 heteroatoms.